The predicted octanol–water partition coefficient (Wildman–Crippen LogP) is 4.08. The Morgan fingerprint density at radius 2 is 1.75 bits per heavy atom. The highest BCUT2D eigenvalue weighted by Crippen LogP contribution is 2.22. The van der Waals surface area contributed by atoms with Gasteiger partial charge in [0, 0.05) is 6.54 Å². The van der Waals surface area contributed by atoms with Gasteiger partial charge in [-0.05, 0) is 28.4 Å². The van der Waals surface area contributed by atoms with Crippen molar-refractivity contribution in [1.82, 2.24) is 10.5 Å². The zero-order chi connectivity index (χ0) is 20.0. The van der Waals surface area contributed by atoms with Crippen LogP contribution < -0.4 is 14.8 Å². The Labute approximate surface area is 157 Å². The van der Waals surface area contributed by atoms with E-state index in [-0.39, 0.29) is 30.5 Å². The summed E-state index contributed by atoms with van der Waals surface area (Å²) in [4.78, 5) is 12.1. The van der Waals surface area contributed by atoms with E-state index in [4.69, 9.17) is 9.26 Å². The molecule has 0 radical (unpaired) electrons. The molecule has 2 aromatic carbocycles. The maximum Gasteiger partial charge on any atom is 0.573 e. The molecule has 0 aliphatic rings. The number of carbonyl (C=O) groups is 1. The summed E-state index contributed by atoms with van der Waals surface area (Å²) in [6.07, 6.45) is -4.75. The Morgan fingerprint density at radius 1 is 1.04 bits per heavy atom. The van der Waals surface area contributed by atoms with Gasteiger partial charge in [-0.1, -0.05) is 42.5 Å². The van der Waals surface area contributed by atoms with Crippen molar-refractivity contribution in [2.45, 2.75) is 19.5 Å². The summed E-state index contributed by atoms with van der Waals surface area (Å²) in [6.45, 7) is 0.368. The number of ether oxygens (including phenoxy) is 2. The summed E-state index contributed by atoms with van der Waals surface area (Å²) < 4.78 is 50.6. The molecule has 9 heteroatoms. The highest BCUT2D eigenvalue weighted by Gasteiger charge is 2.30. The van der Waals surface area contributed by atoms with Crippen LogP contribution in [0.25, 0.3) is 0 Å². The van der Waals surface area contributed by atoms with Crippen LogP contribution in [0.2, 0.25) is 0 Å². The fraction of sp³-hybridized carbons (Fsp3) is 0.158. The fourth-order valence-electron chi connectivity index (χ4n) is 2.24. The lowest BCUT2D eigenvalue weighted by molar-refractivity contribution is -0.274. The van der Waals surface area contributed by atoms with Crippen molar-refractivity contribution in [2.24, 2.45) is 0 Å². The summed E-state index contributed by atoms with van der Waals surface area (Å²) in [5, 5.41) is 6.25. The van der Waals surface area contributed by atoms with Gasteiger partial charge in [0.2, 0.25) is 5.76 Å². The molecule has 0 spiro atoms. The number of carbonyl (C=O) groups excluding carboxylic acids is 1. The molecule has 3 rings (SSSR count). The maximum absolute atomic E-state index is 12.1. The average Bonchev–Trinajstić information content (AvgIpc) is 3.14. The second-order valence-corrected chi connectivity index (χ2v) is 5.68. The van der Waals surface area contributed by atoms with Crippen molar-refractivity contribution in [3.05, 3.63) is 77.6 Å². The van der Waals surface area contributed by atoms with Crippen LogP contribution in [0.3, 0.4) is 0 Å². The quantitative estimate of drug-likeness (QED) is 0.656. The first-order valence-electron chi connectivity index (χ1n) is 8.15. The van der Waals surface area contributed by atoms with Crippen LogP contribution in [-0.2, 0) is 13.2 Å². The number of aromatic nitrogens is 1. The number of benzene rings is 2. The number of rotatable bonds is 7. The van der Waals surface area contributed by atoms with Crippen LogP contribution in [0.1, 0.15) is 21.7 Å². The van der Waals surface area contributed by atoms with Crippen LogP contribution in [0.4, 0.5) is 13.2 Å². The molecule has 0 atom stereocenters. The number of hydrogen-bond donors (Lipinski definition) is 1. The molecule has 1 heterocycles. The molecule has 1 N–H and O–H groups in total. The molecule has 6 nitrogen and oxygen atoms in total. The molecule has 146 valence electrons. The molecular weight excluding hydrogens is 377 g/mol. The van der Waals surface area contributed by atoms with Crippen molar-refractivity contribution in [2.75, 3.05) is 0 Å². The van der Waals surface area contributed by atoms with Gasteiger partial charge in [0.05, 0.1) is 6.07 Å². The standard InChI is InChI=1S/C19H15F3N2O4/c20-19(21,22)27-15-8-6-13(7-9-15)11-23-18(25)16-10-17(24-28-16)26-12-14-4-2-1-3-5-14/h1-10H,11-12H2,(H,23,25). The molecule has 0 saturated heterocycles. The van der Waals surface area contributed by atoms with Crippen molar-refractivity contribution in [3.8, 4) is 11.6 Å². The summed E-state index contributed by atoms with van der Waals surface area (Å²) >= 11 is 0. The van der Waals surface area contributed by atoms with E-state index in [9.17, 15) is 18.0 Å². The Hall–Kier alpha value is -3.49. The number of nitrogens with one attached hydrogen (secondary N) is 1. The number of alkyl halides is 3. The molecule has 0 fully saturated rings. The van der Waals surface area contributed by atoms with Gasteiger partial charge in [-0.2, -0.15) is 0 Å². The van der Waals surface area contributed by atoms with Gasteiger partial charge in [-0.15, -0.1) is 13.2 Å². The molecule has 0 unspecified atom stereocenters. The molecule has 3 aromatic rings. The van der Waals surface area contributed by atoms with Gasteiger partial charge in [-0.25, -0.2) is 0 Å². The Morgan fingerprint density at radius 3 is 2.43 bits per heavy atom. The van der Waals surface area contributed by atoms with E-state index in [2.05, 4.69) is 15.2 Å². The van der Waals surface area contributed by atoms with Gasteiger partial charge < -0.3 is 19.3 Å². The zero-order valence-electron chi connectivity index (χ0n) is 14.4. The number of hydrogen-bond acceptors (Lipinski definition) is 5. The van der Waals surface area contributed by atoms with Gasteiger partial charge in [-0.3, -0.25) is 4.79 Å². The SMILES string of the molecule is O=C(NCc1ccc(OC(F)(F)F)cc1)c1cc(OCc2ccccc2)no1. The van der Waals surface area contributed by atoms with E-state index in [1.807, 2.05) is 30.3 Å². The zero-order valence-corrected chi connectivity index (χ0v) is 14.4. The Kier molecular flexibility index (Phi) is 5.83. The average molecular weight is 392 g/mol. The minimum absolute atomic E-state index is 0.0416. The van der Waals surface area contributed by atoms with E-state index in [1.165, 1.54) is 30.3 Å². The third kappa shape index (κ3) is 5.76. The lowest BCUT2D eigenvalue weighted by Gasteiger charge is -2.09. The summed E-state index contributed by atoms with van der Waals surface area (Å²) in [5.74, 6) is -0.738. The maximum atomic E-state index is 12.1. The first-order chi connectivity index (χ1) is 13.4. The Bertz CT molecular complexity index is 909. The molecule has 0 saturated carbocycles. The molecule has 1 amide bonds. The van der Waals surface area contributed by atoms with Crippen molar-refractivity contribution < 1.29 is 32.0 Å². The van der Waals surface area contributed by atoms with Gasteiger partial charge >= 0.3 is 6.36 Å². The second kappa shape index (κ2) is 8.47. The van der Waals surface area contributed by atoms with E-state index < -0.39 is 12.3 Å². The molecular formula is C19H15F3N2O4. The van der Waals surface area contributed by atoms with Crippen molar-refractivity contribution in [3.63, 3.8) is 0 Å². The van der Waals surface area contributed by atoms with Crippen molar-refractivity contribution >= 4 is 5.91 Å². The molecule has 0 aliphatic heterocycles. The monoisotopic (exact) mass is 392 g/mol. The third-order valence-electron chi connectivity index (χ3n) is 3.55. The summed E-state index contributed by atoms with van der Waals surface area (Å²) in [6, 6.07) is 15.9. The van der Waals surface area contributed by atoms with Crippen LogP contribution >= 0.6 is 0 Å². The minimum Gasteiger partial charge on any atom is -0.471 e. The first kappa shape index (κ1) is 19.3. The highest BCUT2D eigenvalue weighted by atomic mass is 19.4. The van der Waals surface area contributed by atoms with Crippen LogP contribution in [0.5, 0.6) is 11.6 Å². The van der Waals surface area contributed by atoms with E-state index in [1.54, 1.807) is 0 Å². The second-order valence-electron chi connectivity index (χ2n) is 5.68. The van der Waals surface area contributed by atoms with Gasteiger partial charge in [0.15, 0.2) is 0 Å². The van der Waals surface area contributed by atoms with Crippen LogP contribution in [-0.4, -0.2) is 17.4 Å². The topological polar surface area (TPSA) is 73.6 Å². The van der Waals surface area contributed by atoms with Crippen LogP contribution in [0.15, 0.2) is 65.2 Å². The fourth-order valence-corrected chi connectivity index (χ4v) is 2.24. The number of amides is 1. The number of halogens is 3. The van der Waals surface area contributed by atoms with Gasteiger partial charge in [0.1, 0.15) is 12.4 Å². The van der Waals surface area contributed by atoms with E-state index in [0.717, 1.165) is 5.56 Å². The van der Waals surface area contributed by atoms with E-state index in [0.29, 0.717) is 5.56 Å². The lowest BCUT2D eigenvalue weighted by atomic mass is 10.2. The molecule has 0 aliphatic carbocycles. The van der Waals surface area contributed by atoms with Crippen molar-refractivity contribution in [1.29, 1.82) is 0 Å². The minimum atomic E-state index is -4.75. The summed E-state index contributed by atoms with van der Waals surface area (Å²) in [5.41, 5.74) is 1.53. The molecule has 1 aromatic heterocycles. The smallest absolute Gasteiger partial charge is 0.471 e. The first-order valence-corrected chi connectivity index (χ1v) is 8.15. The summed E-state index contributed by atoms with van der Waals surface area (Å²) in [7, 11) is 0. The molecule has 0 bridgehead atoms. The predicted molar refractivity (Wildman–Crippen MR) is 91.6 cm³/mol. The number of nitrogens with zero attached hydrogens (tertiary/aromatic N) is 1. The molecule has 28 heavy (non-hydrogen) atoms. The lowest BCUT2D eigenvalue weighted by Crippen LogP contribution is -2.22. The normalized spacial score (nSPS) is 11.1. The van der Waals surface area contributed by atoms with Crippen LogP contribution in [0, 0.1) is 0 Å². The highest BCUT2D eigenvalue weighted by molar-refractivity contribution is 5.91. The largest absolute Gasteiger partial charge is 0.573 e. The van der Waals surface area contributed by atoms with E-state index >= 15 is 0 Å². The third-order valence-corrected chi connectivity index (χ3v) is 3.55. The van der Waals surface area contributed by atoms with Gasteiger partial charge in [0.25, 0.3) is 11.8 Å². The Balaban J connectivity index is 1.49.